The summed E-state index contributed by atoms with van der Waals surface area (Å²) in [4.78, 5) is 19.3. The number of carbonyl (C=O) groups excluding carboxylic acids is 1. The fourth-order valence-corrected chi connectivity index (χ4v) is 2.49. The number of carbonyl (C=O) groups is 1. The van der Waals surface area contributed by atoms with Gasteiger partial charge in [-0.1, -0.05) is 0 Å². The molecule has 0 spiro atoms. The van der Waals surface area contributed by atoms with Crippen molar-refractivity contribution >= 4 is 16.7 Å². The van der Waals surface area contributed by atoms with E-state index < -0.39 is 0 Å². The summed E-state index contributed by atoms with van der Waals surface area (Å²) in [7, 11) is 0. The van der Waals surface area contributed by atoms with E-state index >= 15 is 0 Å². The fraction of sp³-hybridized carbons (Fsp3) is 0.429. The number of Topliss-reactive ketones (excluding diaryl/α,β-unsaturated/α-hetero) is 1. The summed E-state index contributed by atoms with van der Waals surface area (Å²) in [5, 5.41) is 0.912. The lowest BCUT2D eigenvalue weighted by Crippen LogP contribution is -2.08. The van der Waals surface area contributed by atoms with E-state index in [0.717, 1.165) is 42.3 Å². The molecule has 94 valence electrons. The normalized spacial score (nSPS) is 19.4. The Morgan fingerprint density at radius 3 is 3.33 bits per heavy atom. The molecule has 1 N–H and O–H groups in total. The third-order valence-corrected chi connectivity index (χ3v) is 3.50. The molecule has 2 aromatic heterocycles. The zero-order valence-corrected chi connectivity index (χ0v) is 10.2. The Morgan fingerprint density at radius 1 is 1.56 bits per heavy atom. The average molecular weight is 244 g/mol. The number of fused-ring (bicyclic) bond motifs is 1. The van der Waals surface area contributed by atoms with Crippen molar-refractivity contribution in [3.63, 3.8) is 0 Å². The highest BCUT2D eigenvalue weighted by molar-refractivity contribution is 6.07. The van der Waals surface area contributed by atoms with Gasteiger partial charge >= 0.3 is 0 Å². The number of ketones is 1. The molecule has 1 atom stereocenters. The van der Waals surface area contributed by atoms with Crippen molar-refractivity contribution in [2.24, 2.45) is 0 Å². The molecule has 18 heavy (non-hydrogen) atoms. The minimum absolute atomic E-state index is 0.171. The van der Waals surface area contributed by atoms with E-state index in [-0.39, 0.29) is 11.9 Å². The van der Waals surface area contributed by atoms with Crippen LogP contribution in [0.3, 0.4) is 0 Å². The topological polar surface area (TPSA) is 55.0 Å². The summed E-state index contributed by atoms with van der Waals surface area (Å²) >= 11 is 0. The Hall–Kier alpha value is -1.68. The van der Waals surface area contributed by atoms with Gasteiger partial charge in [-0.2, -0.15) is 0 Å². The van der Waals surface area contributed by atoms with E-state index in [4.69, 9.17) is 4.74 Å². The quantitative estimate of drug-likeness (QED) is 0.841. The van der Waals surface area contributed by atoms with Gasteiger partial charge in [-0.15, -0.1) is 0 Å². The van der Waals surface area contributed by atoms with E-state index in [2.05, 4.69) is 9.97 Å². The van der Waals surface area contributed by atoms with Crippen molar-refractivity contribution < 1.29 is 9.53 Å². The first-order valence-electron chi connectivity index (χ1n) is 6.40. The van der Waals surface area contributed by atoms with Crippen LogP contribution >= 0.6 is 0 Å². The van der Waals surface area contributed by atoms with Crippen LogP contribution in [0.5, 0.6) is 0 Å². The lowest BCUT2D eigenvalue weighted by atomic mass is 10.0. The average Bonchev–Trinajstić information content (AvgIpc) is 3.05. The van der Waals surface area contributed by atoms with Crippen LogP contribution in [-0.2, 0) is 4.74 Å². The van der Waals surface area contributed by atoms with Crippen molar-refractivity contribution in [2.75, 3.05) is 6.61 Å². The van der Waals surface area contributed by atoms with E-state index in [1.807, 2.05) is 6.07 Å². The van der Waals surface area contributed by atoms with Gasteiger partial charge in [0.2, 0.25) is 0 Å². The zero-order chi connectivity index (χ0) is 12.4. The molecule has 3 rings (SSSR count). The lowest BCUT2D eigenvalue weighted by Gasteiger charge is -2.07. The van der Waals surface area contributed by atoms with Crippen LogP contribution in [-0.4, -0.2) is 28.5 Å². The Morgan fingerprint density at radius 2 is 2.50 bits per heavy atom. The molecule has 0 amide bonds. The number of hydrogen-bond donors (Lipinski definition) is 1. The van der Waals surface area contributed by atoms with Gasteiger partial charge in [-0.3, -0.25) is 9.78 Å². The predicted octanol–water partition coefficient (Wildman–Crippen LogP) is 2.70. The van der Waals surface area contributed by atoms with Crippen LogP contribution in [0.2, 0.25) is 0 Å². The lowest BCUT2D eigenvalue weighted by molar-refractivity contribution is 0.0860. The van der Waals surface area contributed by atoms with Crippen molar-refractivity contribution in [2.45, 2.75) is 31.8 Å². The molecule has 2 aromatic rings. The van der Waals surface area contributed by atoms with Gasteiger partial charge in [-0.25, -0.2) is 0 Å². The van der Waals surface area contributed by atoms with Gasteiger partial charge < -0.3 is 9.72 Å². The Balaban J connectivity index is 1.71. The molecule has 0 bridgehead atoms. The number of pyridine rings is 1. The van der Waals surface area contributed by atoms with Crippen LogP contribution in [0.15, 0.2) is 24.7 Å². The summed E-state index contributed by atoms with van der Waals surface area (Å²) in [6, 6.07) is 1.88. The van der Waals surface area contributed by atoms with Gasteiger partial charge in [0.05, 0.1) is 6.10 Å². The SMILES string of the molecule is O=C(CCC1CCCO1)c1c[nH]c2ccncc12. The first-order chi connectivity index (χ1) is 8.84. The first kappa shape index (κ1) is 11.4. The highest BCUT2D eigenvalue weighted by atomic mass is 16.5. The summed E-state index contributed by atoms with van der Waals surface area (Å²) in [6.45, 7) is 0.843. The number of hydrogen-bond acceptors (Lipinski definition) is 3. The van der Waals surface area contributed by atoms with Crippen LogP contribution < -0.4 is 0 Å². The number of aromatic amines is 1. The number of nitrogens with zero attached hydrogens (tertiary/aromatic N) is 1. The molecule has 0 saturated carbocycles. The molecular formula is C14H16N2O2. The maximum atomic E-state index is 12.2. The maximum Gasteiger partial charge on any atom is 0.165 e. The third kappa shape index (κ3) is 2.16. The van der Waals surface area contributed by atoms with Crippen molar-refractivity contribution in [1.82, 2.24) is 9.97 Å². The Labute approximate surface area is 105 Å². The second kappa shape index (κ2) is 4.90. The second-order valence-corrected chi connectivity index (χ2v) is 4.72. The Kier molecular flexibility index (Phi) is 3.11. The molecule has 1 unspecified atom stereocenters. The molecule has 0 aromatic carbocycles. The highest BCUT2D eigenvalue weighted by Crippen LogP contribution is 2.21. The van der Waals surface area contributed by atoms with Gasteiger partial charge in [0.1, 0.15) is 0 Å². The minimum atomic E-state index is 0.171. The van der Waals surface area contributed by atoms with Crippen molar-refractivity contribution in [1.29, 1.82) is 0 Å². The van der Waals surface area contributed by atoms with Gasteiger partial charge in [0, 0.05) is 48.1 Å². The molecule has 0 aliphatic carbocycles. The third-order valence-electron chi connectivity index (χ3n) is 3.50. The van der Waals surface area contributed by atoms with E-state index in [9.17, 15) is 4.79 Å². The summed E-state index contributed by atoms with van der Waals surface area (Å²) in [5.74, 6) is 0.171. The second-order valence-electron chi connectivity index (χ2n) is 4.72. The maximum absolute atomic E-state index is 12.2. The molecule has 4 heteroatoms. The van der Waals surface area contributed by atoms with Crippen LogP contribution in [0, 0.1) is 0 Å². The zero-order valence-electron chi connectivity index (χ0n) is 10.2. The number of aromatic nitrogens is 2. The first-order valence-corrected chi connectivity index (χ1v) is 6.40. The monoisotopic (exact) mass is 244 g/mol. The van der Waals surface area contributed by atoms with Gasteiger partial charge in [0.15, 0.2) is 5.78 Å². The van der Waals surface area contributed by atoms with Crippen LogP contribution in [0.1, 0.15) is 36.0 Å². The number of rotatable bonds is 4. The fourth-order valence-electron chi connectivity index (χ4n) is 2.49. The minimum Gasteiger partial charge on any atom is -0.378 e. The largest absolute Gasteiger partial charge is 0.378 e. The van der Waals surface area contributed by atoms with E-state index in [1.165, 1.54) is 0 Å². The van der Waals surface area contributed by atoms with Crippen LogP contribution in [0.4, 0.5) is 0 Å². The summed E-state index contributed by atoms with van der Waals surface area (Å²) < 4.78 is 5.54. The van der Waals surface area contributed by atoms with E-state index in [0.29, 0.717) is 6.42 Å². The predicted molar refractivity (Wildman–Crippen MR) is 68.6 cm³/mol. The van der Waals surface area contributed by atoms with E-state index in [1.54, 1.807) is 18.6 Å². The Bertz CT molecular complexity index is 556. The summed E-state index contributed by atoms with van der Waals surface area (Å²) in [5.41, 5.74) is 1.71. The van der Waals surface area contributed by atoms with Crippen LogP contribution in [0.25, 0.3) is 10.9 Å². The molecule has 3 heterocycles. The number of H-pyrrole nitrogens is 1. The molecule has 1 aliphatic rings. The van der Waals surface area contributed by atoms with Crippen molar-refractivity contribution in [3.8, 4) is 0 Å². The smallest absolute Gasteiger partial charge is 0.165 e. The molecular weight excluding hydrogens is 228 g/mol. The number of ether oxygens (including phenoxy) is 1. The molecule has 4 nitrogen and oxygen atoms in total. The van der Waals surface area contributed by atoms with Gasteiger partial charge in [-0.05, 0) is 25.3 Å². The highest BCUT2D eigenvalue weighted by Gasteiger charge is 2.18. The molecule has 1 fully saturated rings. The summed E-state index contributed by atoms with van der Waals surface area (Å²) in [6.07, 6.45) is 9.10. The van der Waals surface area contributed by atoms with Crippen molar-refractivity contribution in [3.05, 3.63) is 30.2 Å². The van der Waals surface area contributed by atoms with Gasteiger partial charge in [0.25, 0.3) is 0 Å². The molecule has 1 aliphatic heterocycles. The number of nitrogens with one attached hydrogen (secondary N) is 1. The molecule has 0 radical (unpaired) electrons. The standard InChI is InChI=1S/C14H16N2O2/c17-14(4-3-10-2-1-7-18-10)12-9-16-13-5-6-15-8-11(12)13/h5-6,8-10,16H,1-4,7H2. The molecule has 1 saturated heterocycles.